The fourth-order valence-electron chi connectivity index (χ4n) is 6.65. The van der Waals surface area contributed by atoms with E-state index in [0.29, 0.717) is 56.5 Å². The normalized spacial score (nSPS) is 15.6. The minimum atomic E-state index is -4.03. The number of ether oxygens (including phenoxy) is 1. The Bertz CT molecular complexity index is 3290. The summed E-state index contributed by atoms with van der Waals surface area (Å²) in [6.45, 7) is 9.57. The van der Waals surface area contributed by atoms with E-state index >= 15 is 0 Å². The third-order valence-electron chi connectivity index (χ3n) is 10.6. The number of hydrogen-bond acceptors (Lipinski definition) is 18. The summed E-state index contributed by atoms with van der Waals surface area (Å²) in [5.41, 5.74) is 6.76. The monoisotopic (exact) mass is 1100 g/mol. The van der Waals surface area contributed by atoms with Crippen LogP contribution in [0.5, 0.6) is 5.75 Å². The third-order valence-corrected chi connectivity index (χ3v) is 15.6. The van der Waals surface area contributed by atoms with Gasteiger partial charge in [-0.1, -0.05) is 151 Å². The number of hydrogen-bond donors (Lipinski definition) is 0. The van der Waals surface area contributed by atoms with Crippen LogP contribution < -0.4 is 4.74 Å². The van der Waals surface area contributed by atoms with Crippen LogP contribution >= 0.6 is 23.5 Å². The Morgan fingerprint density at radius 3 is 1.55 bits per heavy atom. The zero-order chi connectivity index (χ0) is 54.2. The highest BCUT2D eigenvalue weighted by molar-refractivity contribution is 8.17. The van der Waals surface area contributed by atoms with Gasteiger partial charge in [0.2, 0.25) is 0 Å². The second-order valence-corrected chi connectivity index (χ2v) is 22.8. The van der Waals surface area contributed by atoms with E-state index in [1.165, 1.54) is 49.2 Å². The number of rotatable bonds is 20. The Labute approximate surface area is 443 Å². The van der Waals surface area contributed by atoms with Crippen LogP contribution in [0, 0.1) is 54.8 Å². The van der Waals surface area contributed by atoms with Crippen LogP contribution in [-0.4, -0.2) is 59.7 Å². The lowest BCUT2D eigenvalue weighted by atomic mass is 9.97. The Hall–Kier alpha value is -6.93. The van der Waals surface area contributed by atoms with E-state index in [9.17, 15) is 35.8 Å². The lowest BCUT2D eigenvalue weighted by molar-refractivity contribution is 0.338. The highest BCUT2D eigenvalue weighted by atomic mass is 32.2. The molecule has 16 nitrogen and oxygen atoms in total. The number of oxime groups is 3. The summed E-state index contributed by atoms with van der Waals surface area (Å²) in [6, 6.07) is 34.1. The van der Waals surface area contributed by atoms with Crippen molar-refractivity contribution in [3.8, 4) is 24.0 Å². The largest absolute Gasteiger partial charge is 0.497 e. The van der Waals surface area contributed by atoms with Crippen LogP contribution in [0.3, 0.4) is 0 Å². The number of thioether (sulfide) groups is 2. The maximum atomic E-state index is 12.3. The number of unbranched alkanes of at least 4 members (excludes halogenated alkanes) is 5. The topological polar surface area (TPSA) is 248 Å². The summed E-state index contributed by atoms with van der Waals surface area (Å²) in [7, 11) is -9.94. The van der Waals surface area contributed by atoms with E-state index in [2.05, 4.69) is 38.8 Å². The van der Waals surface area contributed by atoms with Crippen molar-refractivity contribution in [1.82, 2.24) is 0 Å². The maximum absolute atomic E-state index is 12.3. The lowest BCUT2D eigenvalue weighted by Crippen LogP contribution is -2.09. The maximum Gasteiger partial charge on any atom is 0.358 e. The van der Waals surface area contributed by atoms with Crippen molar-refractivity contribution in [1.29, 1.82) is 15.8 Å². The van der Waals surface area contributed by atoms with E-state index in [1.807, 2.05) is 75.4 Å². The first kappa shape index (κ1) is 59.6. The predicted octanol–water partition coefficient (Wildman–Crippen LogP) is 11.8. The zero-order valence-electron chi connectivity index (χ0n) is 41.7. The number of nitriles is 3. The molecule has 388 valence electrons. The Balaban J connectivity index is 0.000000241. The summed E-state index contributed by atoms with van der Waals surface area (Å²) in [5, 5.41) is 43.5. The Morgan fingerprint density at radius 2 is 1.07 bits per heavy atom. The number of nitrogens with zero attached hydrogens (tertiary/aromatic N) is 6. The molecule has 0 spiro atoms. The molecule has 0 fully saturated rings. The van der Waals surface area contributed by atoms with Gasteiger partial charge in [0.1, 0.15) is 38.9 Å². The molecule has 6 rings (SSSR count). The number of benzene rings is 4. The van der Waals surface area contributed by atoms with Crippen LogP contribution in [0.2, 0.25) is 0 Å². The van der Waals surface area contributed by atoms with Gasteiger partial charge in [-0.25, -0.2) is 0 Å². The van der Waals surface area contributed by atoms with Gasteiger partial charge >= 0.3 is 30.4 Å². The molecule has 0 N–H and O–H groups in total. The SMILES string of the molecule is CCCCCCCCS(=O)(=O)O/N=C(\C#N)c1ccc(OC)cc1.CCCS(=O)(=O)O/N=C1\SC=C\C1=C(\C#N)c1ccccc1C.Cc1ccc(S(=O)(=O)O/N=C2\SC=C\C2=C(\C#N)c2ccccc2C)cc1. The summed E-state index contributed by atoms with van der Waals surface area (Å²) in [4.78, 5) is 0.0262. The smallest absolute Gasteiger partial charge is 0.358 e. The van der Waals surface area contributed by atoms with Gasteiger partial charge in [0.15, 0.2) is 5.71 Å². The standard InChI is InChI=1S/C20H16N2O3S2.C17H24N2O4S.C16H16N2O3S2/c1-14-7-9-16(10-8-14)27(23,24)25-22-20-18(11-12-26-20)19(13-21)17-6-4-3-5-15(17)2;1-3-4-5-6-7-8-13-24(20,21)23-19-17(14-18)15-9-11-16(22-2)12-10-15;1-3-10-23(19,20)21-18-16-14(8-9-22-16)15(11-17)13-7-5-4-6-12(13)2/h3-12H,1-2H3;9-12H,3-8,13H2,1-2H3;4-9H,3,10H2,1-2H3/b19-18+,22-20-;19-17+;15-14+,18-16-. The summed E-state index contributed by atoms with van der Waals surface area (Å²) in [6.07, 6.45) is 9.75. The van der Waals surface area contributed by atoms with Crippen LogP contribution in [0.4, 0.5) is 0 Å². The van der Waals surface area contributed by atoms with Gasteiger partial charge in [-0.3, -0.25) is 12.9 Å². The zero-order valence-corrected chi connectivity index (χ0v) is 45.8. The molecular weight excluding hydrogens is 1040 g/mol. The van der Waals surface area contributed by atoms with E-state index in [1.54, 1.807) is 66.3 Å². The molecule has 2 aliphatic rings. The number of methoxy groups -OCH3 is 1. The first-order valence-electron chi connectivity index (χ1n) is 23.1. The van der Waals surface area contributed by atoms with Gasteiger partial charge in [-0.2, -0.15) is 41.0 Å². The molecule has 0 saturated carbocycles. The average Bonchev–Trinajstić information content (AvgIpc) is 4.06. The first-order chi connectivity index (χ1) is 35.4. The molecule has 0 unspecified atom stereocenters. The lowest BCUT2D eigenvalue weighted by Gasteiger charge is -2.07. The minimum absolute atomic E-state index is 0.0262. The van der Waals surface area contributed by atoms with Crippen molar-refractivity contribution in [3.63, 3.8) is 0 Å². The van der Waals surface area contributed by atoms with Gasteiger partial charge < -0.3 is 4.74 Å². The minimum Gasteiger partial charge on any atom is -0.497 e. The highest BCUT2D eigenvalue weighted by Crippen LogP contribution is 2.34. The molecule has 0 radical (unpaired) electrons. The molecule has 74 heavy (non-hydrogen) atoms. The second-order valence-electron chi connectivity index (χ2n) is 16.1. The van der Waals surface area contributed by atoms with Crippen LogP contribution in [-0.2, 0) is 43.2 Å². The Morgan fingerprint density at radius 1 is 0.568 bits per heavy atom. The predicted molar refractivity (Wildman–Crippen MR) is 294 cm³/mol. The van der Waals surface area contributed by atoms with Crippen LogP contribution in [0.15, 0.2) is 152 Å². The van der Waals surface area contributed by atoms with Crippen molar-refractivity contribution in [2.24, 2.45) is 15.5 Å². The molecule has 4 aromatic carbocycles. The van der Waals surface area contributed by atoms with E-state index in [-0.39, 0.29) is 22.1 Å². The molecule has 0 atom stereocenters. The molecule has 0 amide bonds. The Kier molecular flexibility index (Phi) is 23.9. The fourth-order valence-corrected chi connectivity index (χ4v) is 10.5. The van der Waals surface area contributed by atoms with E-state index in [0.717, 1.165) is 53.5 Å². The van der Waals surface area contributed by atoms with Crippen LogP contribution in [0.1, 0.15) is 92.2 Å². The van der Waals surface area contributed by atoms with Crippen molar-refractivity contribution in [2.75, 3.05) is 18.6 Å². The molecule has 0 saturated heterocycles. The fraction of sp³-hybridized carbons (Fsp3) is 0.283. The third kappa shape index (κ3) is 18.5. The van der Waals surface area contributed by atoms with Crippen molar-refractivity contribution >= 4 is 80.8 Å². The molecule has 2 heterocycles. The quantitative estimate of drug-likeness (QED) is 0.0345. The average molecular weight is 1100 g/mol. The van der Waals surface area contributed by atoms with Crippen LogP contribution in [0.25, 0.3) is 11.1 Å². The molecular formula is C53H56N6O10S5. The van der Waals surface area contributed by atoms with Gasteiger partial charge in [-0.15, -0.1) is 0 Å². The molecule has 4 aromatic rings. The van der Waals surface area contributed by atoms with Crippen molar-refractivity contribution < 1.29 is 42.8 Å². The highest BCUT2D eigenvalue weighted by Gasteiger charge is 2.23. The summed E-state index contributed by atoms with van der Waals surface area (Å²) in [5.74, 6) is 0.445. The number of aryl methyl sites for hydroxylation is 3. The van der Waals surface area contributed by atoms with E-state index in [4.69, 9.17) is 18.6 Å². The van der Waals surface area contributed by atoms with Gasteiger partial charge in [0.05, 0.1) is 29.8 Å². The molecule has 0 aromatic heterocycles. The summed E-state index contributed by atoms with van der Waals surface area (Å²) >= 11 is 2.43. The van der Waals surface area contributed by atoms with Gasteiger partial charge in [-0.05, 0) is 115 Å². The molecule has 0 bridgehead atoms. The van der Waals surface area contributed by atoms with E-state index < -0.39 is 30.4 Å². The van der Waals surface area contributed by atoms with Gasteiger partial charge in [0.25, 0.3) is 0 Å². The summed E-state index contributed by atoms with van der Waals surface area (Å²) < 4.78 is 90.8. The first-order valence-corrected chi connectivity index (χ1v) is 29.4. The molecule has 21 heteroatoms. The molecule has 2 aliphatic heterocycles. The van der Waals surface area contributed by atoms with Crippen molar-refractivity contribution in [3.05, 3.63) is 165 Å². The number of allylic oxidation sites excluding steroid dienone is 4. The van der Waals surface area contributed by atoms with Gasteiger partial charge in [0, 0.05) is 16.7 Å². The van der Waals surface area contributed by atoms with Crippen molar-refractivity contribution in [2.45, 2.75) is 84.5 Å². The second kappa shape index (κ2) is 29.7. The molecule has 0 aliphatic carbocycles.